The molecular formula is C20H22IN8OP. The van der Waals surface area contributed by atoms with Gasteiger partial charge in [-0.2, -0.15) is 10.2 Å². The molecule has 2 fully saturated rings. The Labute approximate surface area is 194 Å². The molecule has 4 aromatic heterocycles. The van der Waals surface area contributed by atoms with Crippen molar-refractivity contribution in [1.29, 1.82) is 0 Å². The van der Waals surface area contributed by atoms with Crippen LogP contribution in [0.1, 0.15) is 18.5 Å². The molecular weight excluding hydrogens is 526 g/mol. The van der Waals surface area contributed by atoms with Gasteiger partial charge in [0.15, 0.2) is 5.82 Å². The van der Waals surface area contributed by atoms with Crippen LogP contribution in [0.4, 0.5) is 5.82 Å². The van der Waals surface area contributed by atoms with E-state index >= 15 is 0 Å². The smallest absolute Gasteiger partial charge is 0.180 e. The lowest BCUT2D eigenvalue weighted by Crippen LogP contribution is -2.43. The van der Waals surface area contributed by atoms with Crippen molar-refractivity contribution in [3.63, 3.8) is 0 Å². The van der Waals surface area contributed by atoms with Gasteiger partial charge in [0.2, 0.25) is 0 Å². The number of anilines is 1. The summed E-state index contributed by atoms with van der Waals surface area (Å²) in [6, 6.07) is 6.29. The third-order valence-corrected chi connectivity index (χ3v) is 7.97. The zero-order chi connectivity index (χ0) is 21.1. The van der Waals surface area contributed by atoms with Crippen molar-refractivity contribution in [3.8, 4) is 22.8 Å². The molecule has 0 N–H and O–H groups in total. The molecule has 31 heavy (non-hydrogen) atoms. The second-order valence-corrected chi connectivity index (χ2v) is 10.2. The molecule has 3 atom stereocenters. The normalized spacial score (nSPS) is 21.2. The van der Waals surface area contributed by atoms with Gasteiger partial charge in [-0.1, -0.05) is 0 Å². The van der Waals surface area contributed by atoms with Crippen molar-refractivity contribution < 1.29 is 4.74 Å². The highest BCUT2D eigenvalue weighted by Gasteiger charge is 2.35. The van der Waals surface area contributed by atoms with Gasteiger partial charge in [0.25, 0.3) is 0 Å². The van der Waals surface area contributed by atoms with Crippen LogP contribution in [0.3, 0.4) is 0 Å². The summed E-state index contributed by atoms with van der Waals surface area (Å²) < 4.78 is 11.9. The average Bonchev–Trinajstić information content (AvgIpc) is 3.53. The minimum atomic E-state index is 0.294. The highest BCUT2D eigenvalue weighted by molar-refractivity contribution is 14.2. The van der Waals surface area contributed by atoms with Crippen molar-refractivity contribution in [1.82, 2.24) is 33.9 Å². The van der Waals surface area contributed by atoms with Crippen LogP contribution in [0.2, 0.25) is 0 Å². The molecule has 9 nitrogen and oxygen atoms in total. The van der Waals surface area contributed by atoms with E-state index in [-0.39, 0.29) is 0 Å². The lowest BCUT2D eigenvalue weighted by atomic mass is 10.1. The number of hydrogen-bond donors (Lipinski definition) is 0. The standard InChI is InChI=1S/C20H22IN8OP/c1-12-7-17(29(24-12)31-21)20-22-9-18-15(16-5-6-23-26(16)2)8-19(25-28(18)20)27-10-13-3-4-14(11-27)30-13/h5-9,13-14,31H,3-4,10-11H2,1-2H3. The van der Waals surface area contributed by atoms with Gasteiger partial charge in [0.05, 0.1) is 41.7 Å². The monoisotopic (exact) mass is 548 g/mol. The molecule has 0 saturated carbocycles. The SMILES string of the molecule is Cc1cc(-c2ncc3c(-c4ccnn4C)cc(N4CC5CCC(C4)O5)nn23)n(PI)n1. The number of morpholine rings is 1. The maximum Gasteiger partial charge on any atom is 0.180 e. The van der Waals surface area contributed by atoms with Crippen molar-refractivity contribution in [2.45, 2.75) is 32.0 Å². The fourth-order valence-electron chi connectivity index (χ4n) is 4.66. The largest absolute Gasteiger partial charge is 0.371 e. The fourth-order valence-corrected chi connectivity index (χ4v) is 6.22. The van der Waals surface area contributed by atoms with Crippen LogP contribution in [0.5, 0.6) is 0 Å². The van der Waals surface area contributed by atoms with Gasteiger partial charge < -0.3 is 9.64 Å². The van der Waals surface area contributed by atoms with E-state index in [1.54, 1.807) is 0 Å². The number of aromatic nitrogens is 7. The quantitative estimate of drug-likeness (QED) is 0.287. The van der Waals surface area contributed by atoms with E-state index in [0.29, 0.717) is 18.6 Å². The summed E-state index contributed by atoms with van der Waals surface area (Å²) in [4.78, 5) is 7.14. The van der Waals surface area contributed by atoms with E-state index in [1.807, 2.05) is 46.1 Å². The summed E-state index contributed by atoms with van der Waals surface area (Å²) in [5, 5.41) is 14.1. The molecule has 2 bridgehead atoms. The first-order valence-electron chi connectivity index (χ1n) is 10.3. The molecule has 0 aliphatic carbocycles. The minimum Gasteiger partial charge on any atom is -0.371 e. The summed E-state index contributed by atoms with van der Waals surface area (Å²) in [6.07, 6.45) is 7.06. The molecule has 6 rings (SSSR count). The number of imidazole rings is 1. The van der Waals surface area contributed by atoms with E-state index in [4.69, 9.17) is 14.8 Å². The summed E-state index contributed by atoms with van der Waals surface area (Å²) in [6.45, 7) is 3.75. The maximum atomic E-state index is 6.05. The number of ether oxygens (including phenoxy) is 1. The van der Waals surface area contributed by atoms with Crippen molar-refractivity contribution in [2.24, 2.45) is 7.05 Å². The molecule has 4 aromatic rings. The second-order valence-electron chi connectivity index (χ2n) is 8.16. The Morgan fingerprint density at radius 3 is 2.65 bits per heavy atom. The van der Waals surface area contributed by atoms with Crippen LogP contribution < -0.4 is 4.90 Å². The highest BCUT2D eigenvalue weighted by atomic mass is 127. The molecule has 3 unspecified atom stereocenters. The van der Waals surface area contributed by atoms with Gasteiger partial charge in [-0.15, -0.1) is 5.10 Å². The Morgan fingerprint density at radius 2 is 1.94 bits per heavy atom. The zero-order valence-electron chi connectivity index (χ0n) is 17.2. The Bertz CT molecular complexity index is 1270. The number of nitrogens with zero attached hydrogens (tertiary/aromatic N) is 8. The van der Waals surface area contributed by atoms with Crippen molar-refractivity contribution in [2.75, 3.05) is 18.0 Å². The summed E-state index contributed by atoms with van der Waals surface area (Å²) in [5.41, 5.74) is 5.02. The first-order valence-corrected chi connectivity index (χ1v) is 14.4. The average molecular weight is 548 g/mol. The number of hydrogen-bond acceptors (Lipinski definition) is 6. The molecule has 0 amide bonds. The first kappa shape index (κ1) is 19.6. The third-order valence-electron chi connectivity index (χ3n) is 6.09. The molecule has 11 heteroatoms. The summed E-state index contributed by atoms with van der Waals surface area (Å²) in [7, 11) is 1.97. The molecule has 160 valence electrons. The number of fused-ring (bicyclic) bond motifs is 3. The number of halogens is 1. The van der Waals surface area contributed by atoms with Crippen LogP contribution in [0.25, 0.3) is 28.3 Å². The highest BCUT2D eigenvalue weighted by Crippen LogP contribution is 2.35. The molecule has 2 aliphatic heterocycles. The number of rotatable bonds is 4. The van der Waals surface area contributed by atoms with Crippen molar-refractivity contribution >= 4 is 39.7 Å². The Balaban J connectivity index is 1.56. The predicted molar refractivity (Wildman–Crippen MR) is 129 cm³/mol. The van der Waals surface area contributed by atoms with E-state index in [9.17, 15) is 0 Å². The minimum absolute atomic E-state index is 0.294. The van der Waals surface area contributed by atoms with Crippen LogP contribution in [-0.4, -0.2) is 59.2 Å². The topological polar surface area (TPSA) is 78.3 Å². The van der Waals surface area contributed by atoms with Gasteiger partial charge >= 0.3 is 0 Å². The molecule has 0 radical (unpaired) electrons. The van der Waals surface area contributed by atoms with Gasteiger partial charge in [0.1, 0.15) is 11.5 Å². The van der Waals surface area contributed by atoms with E-state index in [2.05, 4.69) is 49.3 Å². The van der Waals surface area contributed by atoms with Gasteiger partial charge in [0, 0.05) is 31.9 Å². The number of aryl methyl sites for hydroxylation is 2. The maximum absolute atomic E-state index is 6.05. The molecule has 2 aliphatic rings. The third kappa shape index (κ3) is 3.27. The molecule has 6 heterocycles. The summed E-state index contributed by atoms with van der Waals surface area (Å²) >= 11 is 2.35. The Morgan fingerprint density at radius 1 is 1.13 bits per heavy atom. The first-order chi connectivity index (χ1) is 15.1. The fraction of sp³-hybridized carbons (Fsp3) is 0.400. The molecule has 2 saturated heterocycles. The predicted octanol–water partition coefficient (Wildman–Crippen LogP) is 3.46. The lowest BCUT2D eigenvalue weighted by Gasteiger charge is -2.33. The van der Waals surface area contributed by atoms with Gasteiger partial charge in [-0.05, 0) is 60.0 Å². The van der Waals surface area contributed by atoms with Crippen LogP contribution in [0.15, 0.2) is 30.6 Å². The van der Waals surface area contributed by atoms with E-state index < -0.39 is 0 Å². The second kappa shape index (κ2) is 7.53. The van der Waals surface area contributed by atoms with E-state index in [0.717, 1.165) is 65.7 Å². The Kier molecular flexibility index (Phi) is 4.77. The zero-order valence-corrected chi connectivity index (χ0v) is 20.4. The van der Waals surface area contributed by atoms with Gasteiger partial charge in [-0.25, -0.2) is 14.0 Å². The van der Waals surface area contributed by atoms with Crippen LogP contribution in [0, 0.1) is 6.92 Å². The van der Waals surface area contributed by atoms with Crippen LogP contribution >= 0.6 is 28.4 Å². The lowest BCUT2D eigenvalue weighted by molar-refractivity contribution is 0.0301. The van der Waals surface area contributed by atoms with E-state index in [1.165, 1.54) is 0 Å². The van der Waals surface area contributed by atoms with Gasteiger partial charge in [-0.3, -0.25) is 4.68 Å². The van der Waals surface area contributed by atoms with Crippen molar-refractivity contribution in [3.05, 3.63) is 36.3 Å². The summed E-state index contributed by atoms with van der Waals surface area (Å²) in [5.74, 6) is 1.75. The molecule has 0 spiro atoms. The molecule has 0 aromatic carbocycles. The Hall–Kier alpha value is -2.04. The van der Waals surface area contributed by atoms with Crippen LogP contribution in [-0.2, 0) is 11.8 Å².